The molecular weight excluding hydrogens is 464 g/mol. The Hall–Kier alpha value is -4.40. The molecule has 178 valence electrons. The van der Waals surface area contributed by atoms with Crippen LogP contribution in [0.4, 0.5) is 17.1 Å². The Morgan fingerprint density at radius 3 is 1.81 bits per heavy atom. The average molecular weight is 491 g/mol. The topological polar surface area (TPSA) is 64.3 Å². The van der Waals surface area contributed by atoms with Gasteiger partial charge in [0.25, 0.3) is 0 Å². The summed E-state index contributed by atoms with van der Waals surface area (Å²) in [7, 11) is 0. The minimum atomic E-state index is -1.22. The molecule has 1 N–H and O–H groups in total. The highest BCUT2D eigenvalue weighted by Crippen LogP contribution is 2.35. The number of aliphatic carboxylic acids is 1. The van der Waals surface area contributed by atoms with Crippen molar-refractivity contribution in [2.24, 2.45) is 0 Å². The molecule has 0 aliphatic carbocycles. The molecule has 36 heavy (non-hydrogen) atoms. The number of hydrogen-bond acceptors (Lipinski definition) is 4. The monoisotopic (exact) mass is 490 g/mol. The van der Waals surface area contributed by atoms with E-state index in [-0.39, 0.29) is 5.57 Å². The first-order valence-corrected chi connectivity index (χ1v) is 12.3. The molecule has 4 nitrogen and oxygen atoms in total. The summed E-state index contributed by atoms with van der Waals surface area (Å²) in [5.41, 5.74) is 7.52. The maximum atomic E-state index is 11.1. The van der Waals surface area contributed by atoms with E-state index in [0.29, 0.717) is 0 Å². The third kappa shape index (κ3) is 5.80. The van der Waals surface area contributed by atoms with Crippen LogP contribution in [0.2, 0.25) is 0 Å². The molecule has 0 fully saturated rings. The van der Waals surface area contributed by atoms with Gasteiger partial charge in [-0.2, -0.15) is 5.26 Å². The molecule has 0 spiro atoms. The van der Waals surface area contributed by atoms with Crippen LogP contribution < -0.4 is 4.90 Å². The third-order valence-corrected chi connectivity index (χ3v) is 6.92. The Labute approximate surface area is 215 Å². The van der Waals surface area contributed by atoms with Gasteiger partial charge in [0.05, 0.1) is 0 Å². The van der Waals surface area contributed by atoms with E-state index in [2.05, 4.69) is 91.5 Å². The third-order valence-electron chi connectivity index (χ3n) is 5.78. The number of nitriles is 1. The Morgan fingerprint density at radius 2 is 1.33 bits per heavy atom. The zero-order valence-corrected chi connectivity index (χ0v) is 21.2. The number of aryl methyl sites for hydroxylation is 3. The molecular formula is C31H26N2O2S. The Balaban J connectivity index is 1.60. The van der Waals surface area contributed by atoms with Crippen molar-refractivity contribution in [2.45, 2.75) is 20.8 Å². The van der Waals surface area contributed by atoms with Gasteiger partial charge in [0.2, 0.25) is 0 Å². The van der Waals surface area contributed by atoms with Gasteiger partial charge >= 0.3 is 5.97 Å². The van der Waals surface area contributed by atoms with Crippen LogP contribution in [0.25, 0.3) is 18.2 Å². The van der Waals surface area contributed by atoms with E-state index in [1.807, 2.05) is 25.1 Å². The number of rotatable bonds is 7. The first-order chi connectivity index (χ1) is 17.3. The Bertz CT molecular complexity index is 1420. The van der Waals surface area contributed by atoms with Crippen LogP contribution in [-0.2, 0) is 4.79 Å². The summed E-state index contributed by atoms with van der Waals surface area (Å²) in [5, 5.41) is 18.1. The number of carboxylic acid groups (broad SMARTS) is 1. The maximum absolute atomic E-state index is 11.1. The molecule has 4 aromatic rings. The zero-order valence-electron chi connectivity index (χ0n) is 20.4. The minimum Gasteiger partial charge on any atom is -0.477 e. The van der Waals surface area contributed by atoms with E-state index in [4.69, 9.17) is 10.4 Å². The molecule has 0 atom stereocenters. The summed E-state index contributed by atoms with van der Waals surface area (Å²) in [6, 6.07) is 29.0. The first kappa shape index (κ1) is 24.7. The number of benzene rings is 3. The number of thiophene rings is 1. The highest BCUT2D eigenvalue weighted by molar-refractivity contribution is 7.14. The van der Waals surface area contributed by atoms with Gasteiger partial charge in [0.1, 0.15) is 11.6 Å². The van der Waals surface area contributed by atoms with Crippen molar-refractivity contribution in [1.82, 2.24) is 0 Å². The van der Waals surface area contributed by atoms with Crippen molar-refractivity contribution in [3.63, 3.8) is 0 Å². The van der Waals surface area contributed by atoms with Gasteiger partial charge in [-0.25, -0.2) is 4.79 Å². The van der Waals surface area contributed by atoms with Gasteiger partial charge in [0, 0.05) is 26.8 Å². The molecule has 0 aliphatic heterocycles. The van der Waals surface area contributed by atoms with Crippen molar-refractivity contribution >= 4 is 52.6 Å². The molecule has 0 amide bonds. The van der Waals surface area contributed by atoms with E-state index in [1.54, 1.807) is 6.07 Å². The van der Waals surface area contributed by atoms with Crippen LogP contribution in [0.15, 0.2) is 84.4 Å². The quantitative estimate of drug-likeness (QED) is 0.209. The summed E-state index contributed by atoms with van der Waals surface area (Å²) in [5.74, 6) is -1.22. The zero-order chi connectivity index (χ0) is 25.7. The predicted molar refractivity (Wildman–Crippen MR) is 150 cm³/mol. The fourth-order valence-electron chi connectivity index (χ4n) is 3.78. The molecule has 5 heteroatoms. The van der Waals surface area contributed by atoms with Crippen LogP contribution in [0.3, 0.4) is 0 Å². The van der Waals surface area contributed by atoms with Crippen LogP contribution in [0.1, 0.15) is 32.0 Å². The van der Waals surface area contributed by atoms with Crippen LogP contribution >= 0.6 is 11.3 Å². The number of hydrogen-bond donors (Lipinski definition) is 1. The fourth-order valence-corrected chi connectivity index (χ4v) is 4.81. The lowest BCUT2D eigenvalue weighted by atomic mass is 10.1. The van der Waals surface area contributed by atoms with Gasteiger partial charge in [0.15, 0.2) is 0 Å². The van der Waals surface area contributed by atoms with Gasteiger partial charge in [-0.3, -0.25) is 0 Å². The number of carbonyl (C=O) groups is 1. The van der Waals surface area contributed by atoms with Gasteiger partial charge in [-0.05, 0) is 86.5 Å². The molecule has 0 saturated heterocycles. The molecule has 1 heterocycles. The molecule has 0 radical (unpaired) electrons. The first-order valence-electron chi connectivity index (χ1n) is 11.5. The maximum Gasteiger partial charge on any atom is 0.346 e. The molecule has 1 aromatic heterocycles. The van der Waals surface area contributed by atoms with Gasteiger partial charge in [-0.1, -0.05) is 53.6 Å². The fraction of sp³-hybridized carbons (Fsp3) is 0.0968. The lowest BCUT2D eigenvalue weighted by Crippen LogP contribution is -2.09. The molecule has 3 aromatic carbocycles. The van der Waals surface area contributed by atoms with Crippen molar-refractivity contribution < 1.29 is 9.90 Å². The van der Waals surface area contributed by atoms with Crippen LogP contribution in [0, 0.1) is 32.1 Å². The molecule has 0 unspecified atom stereocenters. The average Bonchev–Trinajstić information content (AvgIpc) is 3.23. The Morgan fingerprint density at radius 1 is 0.833 bits per heavy atom. The second-order valence-electron chi connectivity index (χ2n) is 8.60. The summed E-state index contributed by atoms with van der Waals surface area (Å²) in [4.78, 5) is 15.1. The molecule has 0 bridgehead atoms. The summed E-state index contributed by atoms with van der Waals surface area (Å²) in [6.07, 6.45) is 5.48. The van der Waals surface area contributed by atoms with Crippen molar-refractivity contribution in [2.75, 3.05) is 4.90 Å². The predicted octanol–water partition coefficient (Wildman–Crippen LogP) is 8.31. The van der Waals surface area contributed by atoms with Crippen molar-refractivity contribution in [1.29, 1.82) is 5.26 Å². The van der Waals surface area contributed by atoms with Gasteiger partial charge in [-0.15, -0.1) is 11.3 Å². The van der Waals surface area contributed by atoms with Gasteiger partial charge < -0.3 is 10.0 Å². The second kappa shape index (κ2) is 10.9. The molecule has 4 rings (SSSR count). The SMILES string of the molecule is Cc1ccc(N(c2ccc(C)cc2)c2ccc(/C=C/c3sc(/C=C(/C#N)C(=O)O)cc3C)cc2)cc1. The van der Waals surface area contributed by atoms with Crippen LogP contribution in [-0.4, -0.2) is 11.1 Å². The summed E-state index contributed by atoms with van der Waals surface area (Å²) >= 11 is 1.46. The minimum absolute atomic E-state index is 0.269. The molecule has 0 aliphatic rings. The largest absolute Gasteiger partial charge is 0.477 e. The number of carboxylic acids is 1. The smallest absolute Gasteiger partial charge is 0.346 e. The van der Waals surface area contributed by atoms with E-state index in [1.165, 1.54) is 28.5 Å². The van der Waals surface area contributed by atoms with E-state index < -0.39 is 5.97 Å². The highest BCUT2D eigenvalue weighted by atomic mass is 32.1. The van der Waals surface area contributed by atoms with Crippen LogP contribution in [0.5, 0.6) is 0 Å². The van der Waals surface area contributed by atoms with E-state index in [0.717, 1.165) is 37.9 Å². The van der Waals surface area contributed by atoms with Crippen molar-refractivity contribution in [3.8, 4) is 6.07 Å². The van der Waals surface area contributed by atoms with Crippen molar-refractivity contribution in [3.05, 3.63) is 116 Å². The molecule has 0 saturated carbocycles. The standard InChI is InChI=1S/C31H26N2O2S/c1-21-4-11-26(12-5-21)33(27-13-6-22(2)7-14-27)28-15-8-24(9-16-28)10-17-30-23(3)18-29(36-30)19-25(20-32)31(34)35/h4-19H,1-3H3,(H,34,35)/b17-10+,25-19-. The highest BCUT2D eigenvalue weighted by Gasteiger charge is 2.12. The summed E-state index contributed by atoms with van der Waals surface area (Å²) < 4.78 is 0. The van der Waals surface area contributed by atoms with E-state index in [9.17, 15) is 4.79 Å². The summed E-state index contributed by atoms with van der Waals surface area (Å²) in [6.45, 7) is 6.15. The second-order valence-corrected chi connectivity index (χ2v) is 9.72. The normalized spacial score (nSPS) is 11.4. The number of anilines is 3. The Kier molecular flexibility index (Phi) is 7.48. The lowest BCUT2D eigenvalue weighted by Gasteiger charge is -2.25. The number of nitrogens with zero attached hydrogens (tertiary/aromatic N) is 2. The van der Waals surface area contributed by atoms with E-state index >= 15 is 0 Å². The lowest BCUT2D eigenvalue weighted by molar-refractivity contribution is -0.132.